The second kappa shape index (κ2) is 5.55. The molecule has 2 aromatic carbocycles. The zero-order chi connectivity index (χ0) is 15.7. The first-order valence-electron chi connectivity index (χ1n) is 6.69. The number of carbonyl (C=O) groups is 2. The van der Waals surface area contributed by atoms with E-state index in [1.54, 1.807) is 24.3 Å². The number of amides is 2. The lowest BCUT2D eigenvalue weighted by Gasteiger charge is -2.24. The minimum absolute atomic E-state index is 0.0419. The zero-order valence-corrected chi connectivity index (χ0v) is 11.4. The van der Waals surface area contributed by atoms with E-state index in [0.29, 0.717) is 11.3 Å². The van der Waals surface area contributed by atoms with Crippen LogP contribution in [0.1, 0.15) is 17.9 Å². The second-order valence-electron chi connectivity index (χ2n) is 5.01. The molecular weight excluding hydrogens is 290 g/mol. The maximum absolute atomic E-state index is 13.6. The van der Waals surface area contributed by atoms with Crippen LogP contribution in [0.2, 0.25) is 0 Å². The van der Waals surface area contributed by atoms with Crippen molar-refractivity contribution in [2.75, 3.05) is 10.6 Å². The van der Waals surface area contributed by atoms with Crippen molar-refractivity contribution in [3.63, 3.8) is 0 Å². The number of fused-ring (bicyclic) bond motifs is 1. The van der Waals surface area contributed by atoms with Gasteiger partial charge in [-0.15, -0.1) is 0 Å². The number of carbonyl (C=O) groups excluding carboxylic acids is 2. The fourth-order valence-corrected chi connectivity index (χ4v) is 2.46. The highest BCUT2D eigenvalue weighted by Crippen LogP contribution is 2.33. The molecule has 0 spiro atoms. The van der Waals surface area contributed by atoms with E-state index in [1.165, 1.54) is 0 Å². The second-order valence-corrected chi connectivity index (χ2v) is 5.01. The molecule has 0 saturated heterocycles. The van der Waals surface area contributed by atoms with Gasteiger partial charge in [-0.1, -0.05) is 18.2 Å². The standard InChI is InChI=1S/C16H12F2N2O2/c17-9-5-6-12(18)14(7-9)20-16(22)11-8-15(21)19-13-4-2-1-3-10(11)13/h1-7,11H,8H2,(H,19,21)(H,20,22). The summed E-state index contributed by atoms with van der Waals surface area (Å²) >= 11 is 0. The third-order valence-electron chi connectivity index (χ3n) is 3.50. The van der Waals surface area contributed by atoms with Crippen LogP contribution in [-0.2, 0) is 9.59 Å². The number of anilines is 2. The van der Waals surface area contributed by atoms with E-state index in [-0.39, 0.29) is 18.0 Å². The molecule has 1 aliphatic rings. The number of hydrogen-bond donors (Lipinski definition) is 2. The summed E-state index contributed by atoms with van der Waals surface area (Å²) in [5.41, 5.74) is 0.962. The van der Waals surface area contributed by atoms with Gasteiger partial charge in [-0.25, -0.2) is 8.78 Å². The topological polar surface area (TPSA) is 58.2 Å². The molecule has 0 aromatic heterocycles. The van der Waals surface area contributed by atoms with E-state index in [1.807, 2.05) is 0 Å². The molecule has 0 aliphatic carbocycles. The normalized spacial score (nSPS) is 16.6. The van der Waals surface area contributed by atoms with Crippen molar-refractivity contribution >= 4 is 23.2 Å². The largest absolute Gasteiger partial charge is 0.326 e. The molecule has 0 fully saturated rings. The Balaban J connectivity index is 1.89. The van der Waals surface area contributed by atoms with E-state index in [0.717, 1.165) is 18.2 Å². The van der Waals surface area contributed by atoms with Crippen LogP contribution in [0, 0.1) is 11.6 Å². The lowest BCUT2D eigenvalue weighted by Crippen LogP contribution is -2.31. The van der Waals surface area contributed by atoms with Gasteiger partial charge in [-0.2, -0.15) is 0 Å². The van der Waals surface area contributed by atoms with Crippen LogP contribution in [0.15, 0.2) is 42.5 Å². The Labute approximate surface area is 125 Å². The summed E-state index contributed by atoms with van der Waals surface area (Å²) in [7, 11) is 0. The maximum Gasteiger partial charge on any atom is 0.232 e. The first kappa shape index (κ1) is 14.2. The van der Waals surface area contributed by atoms with Crippen molar-refractivity contribution < 1.29 is 18.4 Å². The van der Waals surface area contributed by atoms with Gasteiger partial charge >= 0.3 is 0 Å². The first-order valence-corrected chi connectivity index (χ1v) is 6.69. The van der Waals surface area contributed by atoms with Gasteiger partial charge in [-0.3, -0.25) is 9.59 Å². The Hall–Kier alpha value is -2.76. The van der Waals surface area contributed by atoms with E-state index >= 15 is 0 Å². The van der Waals surface area contributed by atoms with Crippen molar-refractivity contribution in [2.24, 2.45) is 0 Å². The minimum atomic E-state index is -0.743. The fraction of sp³-hybridized carbons (Fsp3) is 0.125. The average Bonchev–Trinajstić information content (AvgIpc) is 2.50. The summed E-state index contributed by atoms with van der Waals surface area (Å²) in [6.45, 7) is 0. The van der Waals surface area contributed by atoms with Gasteiger partial charge in [0.05, 0.1) is 11.6 Å². The SMILES string of the molecule is O=C1CC(C(=O)Nc2cc(F)ccc2F)c2ccccc2N1. The lowest BCUT2D eigenvalue weighted by atomic mass is 9.90. The van der Waals surface area contributed by atoms with Crippen molar-refractivity contribution in [1.29, 1.82) is 0 Å². The molecule has 1 aliphatic heterocycles. The number of benzene rings is 2. The molecule has 1 atom stereocenters. The molecule has 22 heavy (non-hydrogen) atoms. The van der Waals surface area contributed by atoms with Crippen molar-refractivity contribution in [1.82, 2.24) is 0 Å². The summed E-state index contributed by atoms with van der Waals surface area (Å²) < 4.78 is 26.8. The Morgan fingerprint density at radius 3 is 2.77 bits per heavy atom. The highest BCUT2D eigenvalue weighted by atomic mass is 19.1. The summed E-state index contributed by atoms with van der Waals surface area (Å²) in [5.74, 6) is -2.97. The average molecular weight is 302 g/mol. The van der Waals surface area contributed by atoms with Gasteiger partial charge in [0.1, 0.15) is 11.6 Å². The molecule has 2 N–H and O–H groups in total. The van der Waals surface area contributed by atoms with Gasteiger partial charge in [0.15, 0.2) is 0 Å². The molecule has 0 radical (unpaired) electrons. The van der Waals surface area contributed by atoms with Gasteiger partial charge in [-0.05, 0) is 23.8 Å². The smallest absolute Gasteiger partial charge is 0.232 e. The molecule has 0 saturated carbocycles. The molecule has 1 heterocycles. The summed E-state index contributed by atoms with van der Waals surface area (Å²) in [6, 6.07) is 9.71. The van der Waals surface area contributed by atoms with Gasteiger partial charge in [0.2, 0.25) is 11.8 Å². The highest BCUT2D eigenvalue weighted by molar-refractivity contribution is 6.05. The molecule has 1 unspecified atom stereocenters. The molecule has 2 aromatic rings. The Bertz CT molecular complexity index is 762. The van der Waals surface area contributed by atoms with Crippen LogP contribution in [0.5, 0.6) is 0 Å². The zero-order valence-electron chi connectivity index (χ0n) is 11.4. The predicted octanol–water partition coefficient (Wildman–Crippen LogP) is 3.03. The fourth-order valence-electron chi connectivity index (χ4n) is 2.46. The van der Waals surface area contributed by atoms with Crippen LogP contribution in [0.3, 0.4) is 0 Å². The van der Waals surface area contributed by atoms with E-state index in [9.17, 15) is 18.4 Å². The lowest BCUT2D eigenvalue weighted by molar-refractivity contribution is -0.123. The van der Waals surface area contributed by atoms with Gasteiger partial charge in [0.25, 0.3) is 0 Å². The predicted molar refractivity (Wildman–Crippen MR) is 77.4 cm³/mol. The van der Waals surface area contributed by atoms with Crippen molar-refractivity contribution in [3.05, 3.63) is 59.7 Å². The quantitative estimate of drug-likeness (QED) is 0.896. The molecule has 6 heteroatoms. The maximum atomic E-state index is 13.6. The van der Waals surface area contributed by atoms with Crippen LogP contribution in [0.4, 0.5) is 20.2 Å². The van der Waals surface area contributed by atoms with E-state index < -0.39 is 23.5 Å². The van der Waals surface area contributed by atoms with Gasteiger partial charge < -0.3 is 10.6 Å². The van der Waals surface area contributed by atoms with Crippen LogP contribution in [-0.4, -0.2) is 11.8 Å². The highest BCUT2D eigenvalue weighted by Gasteiger charge is 2.30. The summed E-state index contributed by atoms with van der Waals surface area (Å²) in [6.07, 6.45) is -0.0419. The number of para-hydroxylation sites is 1. The Kier molecular flexibility index (Phi) is 3.58. The molecule has 3 rings (SSSR count). The van der Waals surface area contributed by atoms with Crippen LogP contribution in [0.25, 0.3) is 0 Å². The summed E-state index contributed by atoms with van der Waals surface area (Å²) in [5, 5.41) is 5.02. The van der Waals surface area contributed by atoms with Crippen molar-refractivity contribution in [2.45, 2.75) is 12.3 Å². The minimum Gasteiger partial charge on any atom is -0.326 e. The number of nitrogens with one attached hydrogen (secondary N) is 2. The van der Waals surface area contributed by atoms with Crippen LogP contribution >= 0.6 is 0 Å². The number of hydrogen-bond acceptors (Lipinski definition) is 2. The molecule has 2 amide bonds. The Morgan fingerprint density at radius 2 is 1.95 bits per heavy atom. The third kappa shape index (κ3) is 2.67. The molecule has 112 valence electrons. The monoisotopic (exact) mass is 302 g/mol. The van der Waals surface area contributed by atoms with E-state index in [4.69, 9.17) is 0 Å². The summed E-state index contributed by atoms with van der Waals surface area (Å²) in [4.78, 5) is 24.0. The first-order chi connectivity index (χ1) is 10.5. The molecule has 0 bridgehead atoms. The number of rotatable bonds is 2. The molecule has 4 nitrogen and oxygen atoms in total. The van der Waals surface area contributed by atoms with Crippen LogP contribution < -0.4 is 10.6 Å². The molecular formula is C16H12F2N2O2. The third-order valence-corrected chi connectivity index (χ3v) is 3.50. The van der Waals surface area contributed by atoms with Gasteiger partial charge in [0, 0.05) is 18.2 Å². The number of halogens is 2. The van der Waals surface area contributed by atoms with Crippen molar-refractivity contribution in [3.8, 4) is 0 Å². The Morgan fingerprint density at radius 1 is 1.18 bits per heavy atom. The van der Waals surface area contributed by atoms with E-state index in [2.05, 4.69) is 10.6 Å².